The van der Waals surface area contributed by atoms with Gasteiger partial charge in [0.25, 0.3) is 0 Å². The molecule has 1 fully saturated rings. The molecule has 1 aliphatic heterocycles. The minimum Gasteiger partial charge on any atom is -0.316 e. The van der Waals surface area contributed by atoms with E-state index in [4.69, 9.17) is 0 Å². The first-order valence-corrected chi connectivity index (χ1v) is 7.38. The number of piperidine rings is 1. The lowest BCUT2D eigenvalue weighted by Crippen LogP contribution is -2.28. The molecular formula is C17H21N3. The zero-order chi connectivity index (χ0) is 13.8. The Morgan fingerprint density at radius 3 is 2.65 bits per heavy atom. The Bertz CT molecular complexity index is 539. The van der Waals surface area contributed by atoms with Gasteiger partial charge in [0, 0.05) is 31.3 Å². The van der Waals surface area contributed by atoms with Crippen molar-refractivity contribution in [2.75, 3.05) is 13.1 Å². The van der Waals surface area contributed by atoms with E-state index >= 15 is 0 Å². The van der Waals surface area contributed by atoms with Crippen LogP contribution in [0.4, 0.5) is 0 Å². The van der Waals surface area contributed by atoms with Crippen LogP contribution < -0.4 is 5.32 Å². The van der Waals surface area contributed by atoms with Gasteiger partial charge in [-0.05, 0) is 31.9 Å². The third-order valence-electron chi connectivity index (χ3n) is 3.95. The molecule has 3 rings (SSSR count). The van der Waals surface area contributed by atoms with E-state index in [0.717, 1.165) is 30.9 Å². The van der Waals surface area contributed by atoms with Gasteiger partial charge >= 0.3 is 0 Å². The predicted octanol–water partition coefficient (Wildman–Crippen LogP) is 2.84. The van der Waals surface area contributed by atoms with Crippen LogP contribution in [0.3, 0.4) is 0 Å². The Morgan fingerprint density at radius 2 is 2.00 bits per heavy atom. The van der Waals surface area contributed by atoms with Crippen molar-refractivity contribution in [2.45, 2.75) is 32.1 Å². The lowest BCUT2D eigenvalue weighted by molar-refractivity contribution is 0.453. The minimum absolute atomic E-state index is 0.532. The molecule has 2 heterocycles. The molecule has 0 aliphatic carbocycles. The van der Waals surface area contributed by atoms with Crippen molar-refractivity contribution in [1.82, 2.24) is 15.3 Å². The minimum atomic E-state index is 0.532. The molecule has 1 saturated heterocycles. The molecule has 1 aromatic heterocycles. The normalized spacial score (nSPS) is 18.9. The van der Waals surface area contributed by atoms with Crippen LogP contribution >= 0.6 is 0 Å². The molecule has 1 aromatic carbocycles. The van der Waals surface area contributed by atoms with Crippen LogP contribution in [0.25, 0.3) is 0 Å². The van der Waals surface area contributed by atoms with Crippen LogP contribution in [0.2, 0.25) is 0 Å². The van der Waals surface area contributed by atoms with E-state index in [1.54, 1.807) is 0 Å². The second kappa shape index (κ2) is 6.14. The van der Waals surface area contributed by atoms with E-state index < -0.39 is 0 Å². The second-order valence-electron chi connectivity index (χ2n) is 5.64. The summed E-state index contributed by atoms with van der Waals surface area (Å²) in [5, 5.41) is 3.43. The van der Waals surface area contributed by atoms with Crippen LogP contribution in [0.5, 0.6) is 0 Å². The van der Waals surface area contributed by atoms with Crippen molar-refractivity contribution in [3.63, 3.8) is 0 Å². The fourth-order valence-corrected chi connectivity index (χ4v) is 2.69. The van der Waals surface area contributed by atoms with E-state index in [0.29, 0.717) is 5.92 Å². The fraction of sp³-hybridized carbons (Fsp3) is 0.412. The average molecular weight is 267 g/mol. The van der Waals surface area contributed by atoms with Crippen molar-refractivity contribution in [3.8, 4) is 0 Å². The Kier molecular flexibility index (Phi) is 4.07. The summed E-state index contributed by atoms with van der Waals surface area (Å²) in [6.07, 6.45) is 7.21. The molecule has 0 bridgehead atoms. The number of hydrogen-bond acceptors (Lipinski definition) is 3. The number of nitrogens with zero attached hydrogens (tertiary/aromatic N) is 2. The molecule has 1 atom stereocenters. The van der Waals surface area contributed by atoms with Crippen LogP contribution in [0, 0.1) is 6.92 Å². The molecule has 0 radical (unpaired) electrons. The van der Waals surface area contributed by atoms with Gasteiger partial charge < -0.3 is 5.32 Å². The Balaban J connectivity index is 1.67. The highest BCUT2D eigenvalue weighted by molar-refractivity contribution is 5.25. The molecule has 0 saturated carbocycles. The molecule has 20 heavy (non-hydrogen) atoms. The van der Waals surface area contributed by atoms with Gasteiger partial charge in [-0.3, -0.25) is 9.97 Å². The SMILES string of the molecule is Cc1ccc(Cc2cnc(C3CCCNC3)cn2)cc1. The summed E-state index contributed by atoms with van der Waals surface area (Å²) in [4.78, 5) is 9.19. The lowest BCUT2D eigenvalue weighted by Gasteiger charge is -2.21. The van der Waals surface area contributed by atoms with E-state index in [1.165, 1.54) is 24.0 Å². The zero-order valence-electron chi connectivity index (χ0n) is 12.0. The van der Waals surface area contributed by atoms with Crippen LogP contribution in [0.15, 0.2) is 36.7 Å². The number of aryl methyl sites for hydroxylation is 1. The van der Waals surface area contributed by atoms with Crippen LogP contribution in [-0.2, 0) is 6.42 Å². The number of aromatic nitrogens is 2. The van der Waals surface area contributed by atoms with E-state index in [1.807, 2.05) is 12.4 Å². The first-order valence-electron chi connectivity index (χ1n) is 7.38. The first-order chi connectivity index (χ1) is 9.81. The smallest absolute Gasteiger partial charge is 0.0630 e. The third kappa shape index (κ3) is 3.23. The topological polar surface area (TPSA) is 37.8 Å². The Morgan fingerprint density at radius 1 is 1.15 bits per heavy atom. The summed E-state index contributed by atoms with van der Waals surface area (Å²) in [6.45, 7) is 4.28. The van der Waals surface area contributed by atoms with E-state index in [2.05, 4.69) is 46.5 Å². The summed E-state index contributed by atoms with van der Waals surface area (Å²) in [6, 6.07) is 8.61. The summed E-state index contributed by atoms with van der Waals surface area (Å²) in [5.41, 5.74) is 4.75. The monoisotopic (exact) mass is 267 g/mol. The van der Waals surface area contributed by atoms with Crippen molar-refractivity contribution >= 4 is 0 Å². The van der Waals surface area contributed by atoms with Gasteiger partial charge in [0.2, 0.25) is 0 Å². The third-order valence-corrected chi connectivity index (χ3v) is 3.95. The van der Waals surface area contributed by atoms with Gasteiger partial charge in [-0.25, -0.2) is 0 Å². The van der Waals surface area contributed by atoms with Gasteiger partial charge in [0.1, 0.15) is 0 Å². The average Bonchev–Trinajstić information content (AvgIpc) is 2.51. The summed E-state index contributed by atoms with van der Waals surface area (Å²) >= 11 is 0. The molecule has 2 aromatic rings. The largest absolute Gasteiger partial charge is 0.316 e. The highest BCUT2D eigenvalue weighted by Gasteiger charge is 2.16. The van der Waals surface area contributed by atoms with Crippen molar-refractivity contribution in [3.05, 3.63) is 59.2 Å². The molecule has 3 heteroatoms. The Hall–Kier alpha value is -1.74. The van der Waals surface area contributed by atoms with Crippen molar-refractivity contribution < 1.29 is 0 Å². The molecule has 1 unspecified atom stereocenters. The number of nitrogens with one attached hydrogen (secondary N) is 1. The summed E-state index contributed by atoms with van der Waals surface area (Å²) in [5.74, 6) is 0.532. The molecule has 0 spiro atoms. The quantitative estimate of drug-likeness (QED) is 0.929. The van der Waals surface area contributed by atoms with Crippen molar-refractivity contribution in [1.29, 1.82) is 0 Å². The van der Waals surface area contributed by atoms with Crippen LogP contribution in [-0.4, -0.2) is 23.1 Å². The molecule has 3 nitrogen and oxygen atoms in total. The van der Waals surface area contributed by atoms with E-state index in [9.17, 15) is 0 Å². The number of benzene rings is 1. The molecule has 1 N–H and O–H groups in total. The van der Waals surface area contributed by atoms with E-state index in [-0.39, 0.29) is 0 Å². The van der Waals surface area contributed by atoms with Crippen LogP contribution in [0.1, 0.15) is 41.3 Å². The predicted molar refractivity (Wildman–Crippen MR) is 80.9 cm³/mol. The number of hydrogen-bond donors (Lipinski definition) is 1. The maximum atomic E-state index is 4.61. The summed E-state index contributed by atoms with van der Waals surface area (Å²) in [7, 11) is 0. The molecule has 1 aliphatic rings. The summed E-state index contributed by atoms with van der Waals surface area (Å²) < 4.78 is 0. The zero-order valence-corrected chi connectivity index (χ0v) is 12.0. The molecule has 104 valence electrons. The van der Waals surface area contributed by atoms with Gasteiger partial charge in [0.15, 0.2) is 0 Å². The van der Waals surface area contributed by atoms with Crippen molar-refractivity contribution in [2.24, 2.45) is 0 Å². The maximum absolute atomic E-state index is 4.61. The standard InChI is InChI=1S/C17H21N3/c1-13-4-6-14(7-5-13)9-16-11-20-17(12-19-16)15-3-2-8-18-10-15/h4-7,11-12,15,18H,2-3,8-10H2,1H3. The molecular weight excluding hydrogens is 246 g/mol. The molecule has 0 amide bonds. The van der Waals surface area contributed by atoms with Gasteiger partial charge in [-0.1, -0.05) is 29.8 Å². The highest BCUT2D eigenvalue weighted by Crippen LogP contribution is 2.20. The Labute approximate surface area is 120 Å². The van der Waals surface area contributed by atoms with Gasteiger partial charge in [-0.15, -0.1) is 0 Å². The lowest BCUT2D eigenvalue weighted by atomic mass is 9.96. The second-order valence-corrected chi connectivity index (χ2v) is 5.64. The highest BCUT2D eigenvalue weighted by atomic mass is 14.9. The fourth-order valence-electron chi connectivity index (χ4n) is 2.69. The maximum Gasteiger partial charge on any atom is 0.0630 e. The first kappa shape index (κ1) is 13.3. The van der Waals surface area contributed by atoms with Gasteiger partial charge in [0.05, 0.1) is 11.4 Å². The van der Waals surface area contributed by atoms with Gasteiger partial charge in [-0.2, -0.15) is 0 Å². The number of rotatable bonds is 3.